The Morgan fingerprint density at radius 1 is 0.531 bits per heavy atom. The lowest BCUT2D eigenvalue weighted by Crippen LogP contribution is -2.26. The zero-order chi connectivity index (χ0) is 23.9. The average Bonchev–Trinajstić information content (AvgIpc) is 2.79. The molecule has 0 rings (SSSR count). The van der Waals surface area contributed by atoms with Crippen LogP contribution in [0.25, 0.3) is 0 Å². The summed E-state index contributed by atoms with van der Waals surface area (Å²) in [6.45, 7) is 1.77. The normalized spacial score (nSPS) is 10.2. The highest BCUT2D eigenvalue weighted by atomic mass is 16.6. The van der Waals surface area contributed by atoms with Gasteiger partial charge in [0.15, 0.2) is 0 Å². The van der Waals surface area contributed by atoms with E-state index in [0.29, 0.717) is 39.1 Å². The van der Waals surface area contributed by atoms with E-state index < -0.39 is 12.2 Å². The van der Waals surface area contributed by atoms with Crippen LogP contribution >= 0.6 is 0 Å². The van der Waals surface area contributed by atoms with Crippen LogP contribution in [0.4, 0.5) is 9.59 Å². The molecule has 10 nitrogen and oxygen atoms in total. The minimum Gasteiger partial charge on any atom is -0.469 e. The second-order valence-corrected chi connectivity index (χ2v) is 7.31. The van der Waals surface area contributed by atoms with Crippen LogP contribution in [0, 0.1) is 0 Å². The summed E-state index contributed by atoms with van der Waals surface area (Å²) in [6.07, 6.45) is 7.97. The van der Waals surface area contributed by atoms with Crippen molar-refractivity contribution in [3.8, 4) is 0 Å². The molecule has 0 aromatic heterocycles. The molecule has 0 aromatic rings. The lowest BCUT2D eigenvalue weighted by molar-refractivity contribution is -0.141. The summed E-state index contributed by atoms with van der Waals surface area (Å²) < 4.78 is 19.2. The summed E-state index contributed by atoms with van der Waals surface area (Å²) in [4.78, 5) is 45.0. The molecule has 0 aliphatic carbocycles. The predicted octanol–water partition coefficient (Wildman–Crippen LogP) is 3.47. The Kier molecular flexibility index (Phi) is 20.0. The molecule has 0 saturated carbocycles. The maximum Gasteiger partial charge on any atom is 0.407 e. The monoisotopic (exact) mass is 460 g/mol. The fourth-order valence-electron chi connectivity index (χ4n) is 2.72. The molecule has 0 aromatic carbocycles. The molecule has 0 fully saturated rings. The summed E-state index contributed by atoms with van der Waals surface area (Å²) in [5.74, 6) is -0.445. The van der Waals surface area contributed by atoms with Crippen LogP contribution in [0.15, 0.2) is 0 Å². The quantitative estimate of drug-likeness (QED) is 0.170. The number of unbranched alkanes of at least 4 members (excludes halogenated alkanes) is 7. The first-order valence-electron chi connectivity index (χ1n) is 11.4. The van der Waals surface area contributed by atoms with E-state index in [2.05, 4.69) is 20.1 Å². The first-order chi connectivity index (χ1) is 15.5. The van der Waals surface area contributed by atoms with Crippen molar-refractivity contribution >= 4 is 24.1 Å². The van der Waals surface area contributed by atoms with Crippen molar-refractivity contribution in [3.63, 3.8) is 0 Å². The Morgan fingerprint density at radius 3 is 1.28 bits per heavy atom. The minimum absolute atomic E-state index is 0.222. The summed E-state index contributed by atoms with van der Waals surface area (Å²) in [5.41, 5.74) is 0. The third-order valence-electron chi connectivity index (χ3n) is 4.61. The number of esters is 2. The van der Waals surface area contributed by atoms with Crippen molar-refractivity contribution in [2.24, 2.45) is 0 Å². The lowest BCUT2D eigenvalue weighted by Gasteiger charge is -2.08. The Morgan fingerprint density at radius 2 is 0.906 bits per heavy atom. The number of carbonyl (C=O) groups is 4. The third-order valence-corrected chi connectivity index (χ3v) is 4.61. The number of amides is 2. The van der Waals surface area contributed by atoms with E-state index in [-0.39, 0.29) is 11.9 Å². The molecule has 0 heterocycles. The number of alkyl carbamates (subject to hydrolysis) is 2. The number of nitrogens with one attached hydrogen (secondary N) is 2. The number of methoxy groups -OCH3 is 2. The summed E-state index contributed by atoms with van der Waals surface area (Å²) in [5, 5.41) is 5.41. The molecule has 32 heavy (non-hydrogen) atoms. The largest absolute Gasteiger partial charge is 0.469 e. The number of carbonyl (C=O) groups excluding carboxylic acids is 4. The van der Waals surface area contributed by atoms with E-state index in [4.69, 9.17) is 9.47 Å². The van der Waals surface area contributed by atoms with Gasteiger partial charge in [-0.15, -0.1) is 0 Å². The van der Waals surface area contributed by atoms with Gasteiger partial charge in [-0.25, -0.2) is 9.59 Å². The standard InChI is InChI=1S/C22H40N2O8/c1-29-19(25)13-7-5-11-17-31-21(27)23-15-9-3-4-10-16-24-22(28)32-18-12-6-8-14-20(26)30-2/h3-18H2,1-2H3,(H,23,27)(H,24,28). The van der Waals surface area contributed by atoms with Gasteiger partial charge in [0.2, 0.25) is 0 Å². The predicted molar refractivity (Wildman–Crippen MR) is 118 cm³/mol. The van der Waals surface area contributed by atoms with E-state index in [0.717, 1.165) is 64.2 Å². The van der Waals surface area contributed by atoms with Crippen LogP contribution in [0.3, 0.4) is 0 Å². The van der Waals surface area contributed by atoms with Crippen LogP contribution in [0.2, 0.25) is 0 Å². The Bertz CT molecular complexity index is 482. The van der Waals surface area contributed by atoms with Crippen molar-refractivity contribution in [2.75, 3.05) is 40.5 Å². The van der Waals surface area contributed by atoms with E-state index >= 15 is 0 Å². The van der Waals surface area contributed by atoms with Gasteiger partial charge in [-0.3, -0.25) is 9.59 Å². The SMILES string of the molecule is COC(=O)CCCCCOC(=O)NCCCCCCNC(=O)OCCCCCC(=O)OC. The van der Waals surface area contributed by atoms with Crippen LogP contribution < -0.4 is 10.6 Å². The topological polar surface area (TPSA) is 129 Å². The lowest BCUT2D eigenvalue weighted by atomic mass is 10.2. The van der Waals surface area contributed by atoms with E-state index in [1.807, 2.05) is 0 Å². The molecule has 0 unspecified atom stereocenters. The molecule has 0 atom stereocenters. The Balaban J connectivity index is 3.33. The first kappa shape index (κ1) is 29.5. The van der Waals surface area contributed by atoms with Gasteiger partial charge in [0.05, 0.1) is 27.4 Å². The maximum atomic E-state index is 11.5. The highest BCUT2D eigenvalue weighted by Gasteiger charge is 2.04. The zero-order valence-corrected chi connectivity index (χ0v) is 19.6. The molecule has 2 amide bonds. The fourth-order valence-corrected chi connectivity index (χ4v) is 2.72. The van der Waals surface area contributed by atoms with Crippen LogP contribution in [0.1, 0.15) is 77.0 Å². The molecular formula is C22H40N2O8. The minimum atomic E-state index is -0.423. The van der Waals surface area contributed by atoms with Crippen LogP contribution in [-0.2, 0) is 28.5 Å². The van der Waals surface area contributed by atoms with Gasteiger partial charge in [-0.2, -0.15) is 0 Å². The van der Waals surface area contributed by atoms with Crippen molar-refractivity contribution in [2.45, 2.75) is 77.0 Å². The van der Waals surface area contributed by atoms with Gasteiger partial charge >= 0.3 is 24.1 Å². The maximum absolute atomic E-state index is 11.5. The average molecular weight is 461 g/mol. The third kappa shape index (κ3) is 20.7. The zero-order valence-electron chi connectivity index (χ0n) is 19.6. The molecule has 0 bridgehead atoms. The van der Waals surface area contributed by atoms with Gasteiger partial charge in [0, 0.05) is 25.9 Å². The Hall–Kier alpha value is -2.52. The van der Waals surface area contributed by atoms with Gasteiger partial charge < -0.3 is 29.6 Å². The smallest absolute Gasteiger partial charge is 0.407 e. The van der Waals surface area contributed by atoms with Crippen molar-refractivity contribution in [1.29, 1.82) is 0 Å². The molecule has 0 spiro atoms. The Labute approximate surface area is 191 Å². The summed E-state index contributed by atoms with van der Waals surface area (Å²) >= 11 is 0. The molecule has 2 N–H and O–H groups in total. The number of hydrogen-bond donors (Lipinski definition) is 2. The molecule has 10 heteroatoms. The molecule has 186 valence electrons. The number of ether oxygens (including phenoxy) is 4. The molecule has 0 aliphatic heterocycles. The first-order valence-corrected chi connectivity index (χ1v) is 11.4. The summed E-state index contributed by atoms with van der Waals surface area (Å²) in [7, 11) is 2.73. The molecule has 0 aliphatic rings. The fraction of sp³-hybridized carbons (Fsp3) is 0.818. The second kappa shape index (κ2) is 21.7. The summed E-state index contributed by atoms with van der Waals surface area (Å²) in [6, 6.07) is 0. The van der Waals surface area contributed by atoms with Crippen LogP contribution in [-0.4, -0.2) is 64.6 Å². The van der Waals surface area contributed by atoms with E-state index in [9.17, 15) is 19.2 Å². The molecule has 0 saturated heterocycles. The number of rotatable bonds is 19. The van der Waals surface area contributed by atoms with Gasteiger partial charge in [-0.05, 0) is 51.4 Å². The highest BCUT2D eigenvalue weighted by Crippen LogP contribution is 2.03. The van der Waals surface area contributed by atoms with Crippen molar-refractivity contribution < 1.29 is 38.1 Å². The van der Waals surface area contributed by atoms with Gasteiger partial charge in [0.25, 0.3) is 0 Å². The van der Waals surface area contributed by atoms with Gasteiger partial charge in [-0.1, -0.05) is 12.8 Å². The van der Waals surface area contributed by atoms with E-state index in [1.54, 1.807) is 0 Å². The molecular weight excluding hydrogens is 420 g/mol. The molecule has 0 radical (unpaired) electrons. The van der Waals surface area contributed by atoms with Gasteiger partial charge in [0.1, 0.15) is 0 Å². The van der Waals surface area contributed by atoms with Crippen LogP contribution in [0.5, 0.6) is 0 Å². The van der Waals surface area contributed by atoms with Crippen molar-refractivity contribution in [3.05, 3.63) is 0 Å². The second-order valence-electron chi connectivity index (χ2n) is 7.31. The highest BCUT2D eigenvalue weighted by molar-refractivity contribution is 5.69. The number of hydrogen-bond acceptors (Lipinski definition) is 8. The van der Waals surface area contributed by atoms with E-state index in [1.165, 1.54) is 14.2 Å². The van der Waals surface area contributed by atoms with Crippen molar-refractivity contribution in [1.82, 2.24) is 10.6 Å².